The van der Waals surface area contributed by atoms with Crippen molar-refractivity contribution in [3.05, 3.63) is 29.3 Å². The molecule has 0 heterocycles. The van der Waals surface area contributed by atoms with Gasteiger partial charge in [0.2, 0.25) is 0 Å². The van der Waals surface area contributed by atoms with Gasteiger partial charge in [0.05, 0.1) is 5.56 Å². The molecule has 0 fully saturated rings. The molecule has 0 unspecified atom stereocenters. The molecule has 0 amide bonds. The van der Waals surface area contributed by atoms with Crippen molar-refractivity contribution in [1.29, 1.82) is 0 Å². The van der Waals surface area contributed by atoms with Gasteiger partial charge in [-0.25, -0.2) is 0 Å². The summed E-state index contributed by atoms with van der Waals surface area (Å²) in [6.45, 7) is 3.79. The fourth-order valence-electron chi connectivity index (χ4n) is 1.52. The molecule has 17 heavy (non-hydrogen) atoms. The SMILES string of the molecule is CC(C)N(C)c1ccc(CN)cc1C(F)(F)F. The summed E-state index contributed by atoms with van der Waals surface area (Å²) >= 11 is 0. The molecule has 5 heteroatoms. The molecule has 96 valence electrons. The average Bonchev–Trinajstić information content (AvgIpc) is 2.26. The number of nitrogens with zero attached hydrogens (tertiary/aromatic N) is 1. The average molecular weight is 246 g/mol. The smallest absolute Gasteiger partial charge is 0.372 e. The molecule has 0 saturated carbocycles. The van der Waals surface area contributed by atoms with E-state index >= 15 is 0 Å². The van der Waals surface area contributed by atoms with Crippen LogP contribution in [0.15, 0.2) is 18.2 Å². The van der Waals surface area contributed by atoms with Crippen molar-refractivity contribution in [1.82, 2.24) is 0 Å². The molecular weight excluding hydrogens is 229 g/mol. The van der Waals surface area contributed by atoms with E-state index < -0.39 is 11.7 Å². The zero-order valence-corrected chi connectivity index (χ0v) is 10.2. The van der Waals surface area contributed by atoms with Gasteiger partial charge in [-0.15, -0.1) is 0 Å². The lowest BCUT2D eigenvalue weighted by Gasteiger charge is -2.27. The van der Waals surface area contributed by atoms with Crippen LogP contribution in [0.4, 0.5) is 18.9 Å². The second-order valence-electron chi connectivity index (χ2n) is 4.26. The van der Waals surface area contributed by atoms with Crippen molar-refractivity contribution in [2.75, 3.05) is 11.9 Å². The van der Waals surface area contributed by atoms with Crippen molar-refractivity contribution in [2.45, 2.75) is 32.6 Å². The molecule has 0 bridgehead atoms. The second-order valence-corrected chi connectivity index (χ2v) is 4.26. The summed E-state index contributed by atoms with van der Waals surface area (Å²) in [7, 11) is 1.65. The highest BCUT2D eigenvalue weighted by molar-refractivity contribution is 5.56. The zero-order valence-electron chi connectivity index (χ0n) is 10.2. The van der Waals surface area contributed by atoms with Crippen LogP contribution < -0.4 is 10.6 Å². The van der Waals surface area contributed by atoms with E-state index in [9.17, 15) is 13.2 Å². The van der Waals surface area contributed by atoms with Gasteiger partial charge in [-0.1, -0.05) is 6.07 Å². The van der Waals surface area contributed by atoms with Gasteiger partial charge in [0.1, 0.15) is 0 Å². The van der Waals surface area contributed by atoms with Crippen LogP contribution in [0.1, 0.15) is 25.0 Å². The number of anilines is 1. The van der Waals surface area contributed by atoms with Gasteiger partial charge in [0, 0.05) is 25.3 Å². The van der Waals surface area contributed by atoms with Gasteiger partial charge in [-0.2, -0.15) is 13.2 Å². The van der Waals surface area contributed by atoms with Crippen LogP contribution in [-0.4, -0.2) is 13.1 Å². The van der Waals surface area contributed by atoms with Crippen molar-refractivity contribution < 1.29 is 13.2 Å². The van der Waals surface area contributed by atoms with Gasteiger partial charge in [-0.3, -0.25) is 0 Å². The lowest BCUT2D eigenvalue weighted by atomic mass is 10.1. The third-order valence-corrected chi connectivity index (χ3v) is 2.76. The summed E-state index contributed by atoms with van der Waals surface area (Å²) in [5.74, 6) is 0. The Bertz CT molecular complexity index is 386. The molecule has 0 spiro atoms. The predicted octanol–water partition coefficient (Wildman–Crippen LogP) is 3.01. The number of nitrogens with two attached hydrogens (primary N) is 1. The Morgan fingerprint density at radius 2 is 1.88 bits per heavy atom. The van der Waals surface area contributed by atoms with E-state index in [1.807, 2.05) is 13.8 Å². The third-order valence-electron chi connectivity index (χ3n) is 2.76. The molecular formula is C12H17F3N2. The Hall–Kier alpha value is -1.23. The fraction of sp³-hybridized carbons (Fsp3) is 0.500. The second kappa shape index (κ2) is 4.96. The standard InChI is InChI=1S/C12H17F3N2/c1-8(2)17(3)11-5-4-9(7-16)6-10(11)12(13,14)15/h4-6,8H,7,16H2,1-3H3. The summed E-state index contributed by atoms with van der Waals surface area (Å²) in [6.07, 6.45) is -4.36. The van der Waals surface area contributed by atoms with Crippen LogP contribution in [0.25, 0.3) is 0 Å². The Balaban J connectivity index is 3.30. The number of hydrogen-bond acceptors (Lipinski definition) is 2. The largest absolute Gasteiger partial charge is 0.418 e. The molecule has 1 aromatic carbocycles. The van der Waals surface area contributed by atoms with E-state index in [0.717, 1.165) is 6.07 Å². The normalized spacial score (nSPS) is 12.0. The van der Waals surface area contributed by atoms with Crippen molar-refractivity contribution in [3.8, 4) is 0 Å². The van der Waals surface area contributed by atoms with Crippen LogP contribution in [0.3, 0.4) is 0 Å². The van der Waals surface area contributed by atoms with Crippen LogP contribution in [0.2, 0.25) is 0 Å². The van der Waals surface area contributed by atoms with Crippen LogP contribution in [-0.2, 0) is 12.7 Å². The number of alkyl halides is 3. The first-order valence-corrected chi connectivity index (χ1v) is 5.40. The molecule has 0 aliphatic rings. The van der Waals surface area contributed by atoms with Crippen molar-refractivity contribution in [3.63, 3.8) is 0 Å². The molecule has 1 aromatic rings. The maximum absolute atomic E-state index is 12.9. The molecule has 1 rings (SSSR count). The lowest BCUT2D eigenvalue weighted by molar-refractivity contribution is -0.137. The zero-order chi connectivity index (χ0) is 13.2. The van der Waals surface area contributed by atoms with E-state index in [2.05, 4.69) is 0 Å². The Kier molecular flexibility index (Phi) is 4.03. The summed E-state index contributed by atoms with van der Waals surface area (Å²) in [4.78, 5) is 1.60. The van der Waals surface area contributed by atoms with E-state index in [0.29, 0.717) is 5.56 Å². The maximum Gasteiger partial charge on any atom is 0.418 e. The van der Waals surface area contributed by atoms with Crippen LogP contribution in [0.5, 0.6) is 0 Å². The maximum atomic E-state index is 12.9. The fourth-order valence-corrected chi connectivity index (χ4v) is 1.52. The Morgan fingerprint density at radius 3 is 2.29 bits per heavy atom. The number of hydrogen-bond donors (Lipinski definition) is 1. The van der Waals surface area contributed by atoms with Gasteiger partial charge in [0.15, 0.2) is 0 Å². The number of rotatable bonds is 3. The summed E-state index contributed by atoms with van der Waals surface area (Å²) in [5, 5.41) is 0. The minimum Gasteiger partial charge on any atom is -0.372 e. The summed E-state index contributed by atoms with van der Waals surface area (Å²) in [5.41, 5.74) is 5.41. The number of benzene rings is 1. The molecule has 0 saturated heterocycles. The minimum atomic E-state index is -4.36. The molecule has 2 N–H and O–H groups in total. The number of halogens is 3. The van der Waals surface area contributed by atoms with E-state index in [1.165, 1.54) is 6.07 Å². The summed E-state index contributed by atoms with van der Waals surface area (Å²) < 4.78 is 38.8. The van der Waals surface area contributed by atoms with Crippen LogP contribution >= 0.6 is 0 Å². The molecule has 2 nitrogen and oxygen atoms in total. The van der Waals surface area contributed by atoms with E-state index in [-0.39, 0.29) is 18.3 Å². The first-order valence-electron chi connectivity index (χ1n) is 5.40. The minimum absolute atomic E-state index is 0.000161. The third kappa shape index (κ3) is 3.12. The quantitative estimate of drug-likeness (QED) is 0.888. The monoisotopic (exact) mass is 246 g/mol. The lowest BCUT2D eigenvalue weighted by Crippen LogP contribution is -2.28. The molecule has 0 atom stereocenters. The Labute approximate surface area is 99.2 Å². The van der Waals surface area contributed by atoms with Crippen LogP contribution in [0, 0.1) is 0 Å². The highest BCUT2D eigenvalue weighted by Gasteiger charge is 2.34. The first kappa shape index (κ1) is 13.8. The molecule has 0 aliphatic heterocycles. The van der Waals surface area contributed by atoms with E-state index in [4.69, 9.17) is 5.73 Å². The van der Waals surface area contributed by atoms with E-state index in [1.54, 1.807) is 18.0 Å². The first-order chi connectivity index (χ1) is 7.77. The molecule has 0 aromatic heterocycles. The van der Waals surface area contributed by atoms with Gasteiger partial charge in [-0.05, 0) is 31.5 Å². The summed E-state index contributed by atoms with van der Waals surface area (Å²) in [6, 6.07) is 4.22. The Morgan fingerprint density at radius 1 is 1.29 bits per heavy atom. The topological polar surface area (TPSA) is 29.3 Å². The van der Waals surface area contributed by atoms with Crippen molar-refractivity contribution >= 4 is 5.69 Å². The highest BCUT2D eigenvalue weighted by atomic mass is 19.4. The van der Waals surface area contributed by atoms with Gasteiger partial charge >= 0.3 is 6.18 Å². The molecule has 0 aliphatic carbocycles. The highest BCUT2D eigenvalue weighted by Crippen LogP contribution is 2.37. The van der Waals surface area contributed by atoms with Gasteiger partial charge in [0.25, 0.3) is 0 Å². The predicted molar refractivity (Wildman–Crippen MR) is 62.9 cm³/mol. The molecule has 0 radical (unpaired) electrons. The van der Waals surface area contributed by atoms with Gasteiger partial charge < -0.3 is 10.6 Å². The van der Waals surface area contributed by atoms with Crippen molar-refractivity contribution in [2.24, 2.45) is 5.73 Å².